The lowest BCUT2D eigenvalue weighted by Gasteiger charge is -2.40. The summed E-state index contributed by atoms with van der Waals surface area (Å²) in [5.74, 6) is 1.59. The fraction of sp³-hybridized carbons (Fsp3) is 0.556. The van der Waals surface area contributed by atoms with Crippen LogP contribution in [0.2, 0.25) is 5.02 Å². The van der Waals surface area contributed by atoms with Gasteiger partial charge in [0.25, 0.3) is 0 Å². The Kier molecular flexibility index (Phi) is 5.79. The normalized spacial score (nSPS) is 24.0. The zero-order valence-electron chi connectivity index (χ0n) is 19.5. The molecule has 2 aromatic rings. The van der Waals surface area contributed by atoms with Crippen LogP contribution in [0.15, 0.2) is 42.9 Å². The molecule has 1 aromatic heterocycles. The fourth-order valence-corrected chi connectivity index (χ4v) is 6.24. The Morgan fingerprint density at radius 3 is 2.59 bits per heavy atom. The number of rotatable bonds is 5. The van der Waals surface area contributed by atoms with E-state index in [4.69, 9.17) is 21.6 Å². The van der Waals surface area contributed by atoms with Crippen LogP contribution in [0.4, 0.5) is 5.69 Å². The first-order valence-corrected chi connectivity index (χ1v) is 12.5. The molecule has 0 amide bonds. The average molecular weight is 451 g/mol. The van der Waals surface area contributed by atoms with Gasteiger partial charge in [0.15, 0.2) is 0 Å². The third-order valence-corrected chi connectivity index (χ3v) is 8.30. The fourth-order valence-electron chi connectivity index (χ4n) is 6.06. The zero-order valence-corrected chi connectivity index (χ0v) is 20.2. The number of anilines is 1. The predicted octanol–water partition coefficient (Wildman–Crippen LogP) is 6.33. The largest absolute Gasteiger partial charge is 0.358 e. The molecule has 5 rings (SSSR count). The Hall–Kier alpha value is -1.91. The van der Waals surface area contributed by atoms with E-state index in [0.717, 1.165) is 61.9 Å². The molecule has 1 N–H and O–H groups in total. The van der Waals surface area contributed by atoms with Crippen LogP contribution < -0.4 is 5.32 Å². The summed E-state index contributed by atoms with van der Waals surface area (Å²) in [5, 5.41) is 4.32. The Morgan fingerprint density at radius 2 is 1.91 bits per heavy atom. The van der Waals surface area contributed by atoms with Crippen molar-refractivity contribution in [2.75, 3.05) is 25.0 Å². The summed E-state index contributed by atoms with van der Waals surface area (Å²) in [7, 11) is 0. The first-order valence-electron chi connectivity index (χ1n) is 12.1. The lowest BCUT2D eigenvalue weighted by atomic mass is 9.72. The van der Waals surface area contributed by atoms with Gasteiger partial charge in [-0.25, -0.2) is 9.97 Å². The summed E-state index contributed by atoms with van der Waals surface area (Å²) in [5.41, 5.74) is 5.38. The van der Waals surface area contributed by atoms with E-state index in [1.165, 1.54) is 36.1 Å². The molecule has 3 heterocycles. The van der Waals surface area contributed by atoms with Gasteiger partial charge in [-0.05, 0) is 99.3 Å². The summed E-state index contributed by atoms with van der Waals surface area (Å²) in [4.78, 5) is 12.0. The minimum atomic E-state index is 0.0369. The van der Waals surface area contributed by atoms with E-state index in [1.54, 1.807) is 0 Å². The quantitative estimate of drug-likeness (QED) is 0.577. The van der Waals surface area contributed by atoms with Crippen molar-refractivity contribution in [1.82, 2.24) is 14.9 Å². The van der Waals surface area contributed by atoms with Crippen molar-refractivity contribution in [3.05, 3.63) is 64.8 Å². The van der Waals surface area contributed by atoms with Crippen molar-refractivity contribution in [2.45, 2.75) is 70.1 Å². The zero-order chi connectivity index (χ0) is 22.3. The summed E-state index contributed by atoms with van der Waals surface area (Å²) in [6.45, 7) is 12.4. The first kappa shape index (κ1) is 21.9. The molecule has 1 spiro atoms. The van der Waals surface area contributed by atoms with E-state index in [0.29, 0.717) is 11.3 Å². The Balaban J connectivity index is 1.12. The summed E-state index contributed by atoms with van der Waals surface area (Å²) in [6.07, 6.45) is 12.2. The smallest absolute Gasteiger partial charge is 0.131 e. The molecule has 1 unspecified atom stereocenters. The van der Waals surface area contributed by atoms with Gasteiger partial charge >= 0.3 is 0 Å². The molecule has 1 aromatic carbocycles. The minimum absolute atomic E-state index is 0.0369. The average Bonchev–Trinajstić information content (AvgIpc) is 3.27. The third-order valence-electron chi connectivity index (χ3n) is 8.07. The Labute approximate surface area is 197 Å². The van der Waals surface area contributed by atoms with Crippen LogP contribution >= 0.6 is 11.6 Å². The molecular formula is C27H35ClN4. The molecule has 170 valence electrons. The van der Waals surface area contributed by atoms with Crippen LogP contribution in [0.5, 0.6) is 0 Å². The van der Waals surface area contributed by atoms with Crippen molar-refractivity contribution < 1.29 is 0 Å². The lowest BCUT2D eigenvalue weighted by Crippen LogP contribution is -2.43. The van der Waals surface area contributed by atoms with E-state index in [-0.39, 0.29) is 5.41 Å². The molecule has 0 bridgehead atoms. The van der Waals surface area contributed by atoms with Gasteiger partial charge in [0.2, 0.25) is 0 Å². The summed E-state index contributed by atoms with van der Waals surface area (Å²) in [6, 6.07) is 6.18. The number of benzene rings is 1. The number of piperidine rings is 1. The Bertz CT molecular complexity index is 989. The minimum Gasteiger partial charge on any atom is -0.358 e. The maximum absolute atomic E-state index is 6.31. The molecule has 5 heteroatoms. The molecule has 0 radical (unpaired) electrons. The number of halogens is 1. The van der Waals surface area contributed by atoms with Gasteiger partial charge in [0.1, 0.15) is 5.82 Å². The molecular weight excluding hydrogens is 416 g/mol. The number of hydrogen-bond donors (Lipinski definition) is 1. The second-order valence-corrected chi connectivity index (χ2v) is 11.3. The molecule has 1 saturated heterocycles. The molecule has 1 atom stereocenters. The van der Waals surface area contributed by atoms with Gasteiger partial charge < -0.3 is 10.2 Å². The maximum atomic E-state index is 6.31. The van der Waals surface area contributed by atoms with Gasteiger partial charge in [-0.3, -0.25) is 0 Å². The van der Waals surface area contributed by atoms with Crippen LogP contribution in [-0.4, -0.2) is 34.5 Å². The molecule has 3 aliphatic rings. The van der Waals surface area contributed by atoms with E-state index >= 15 is 0 Å². The number of hydrogen-bond acceptors (Lipinski definition) is 4. The molecule has 1 saturated carbocycles. The number of allylic oxidation sites excluding steroid dienone is 1. The van der Waals surface area contributed by atoms with E-state index < -0.39 is 0 Å². The predicted molar refractivity (Wildman–Crippen MR) is 132 cm³/mol. The van der Waals surface area contributed by atoms with Crippen molar-refractivity contribution in [1.29, 1.82) is 0 Å². The highest BCUT2D eigenvalue weighted by Crippen LogP contribution is 2.50. The summed E-state index contributed by atoms with van der Waals surface area (Å²) < 4.78 is 0. The van der Waals surface area contributed by atoms with Gasteiger partial charge in [0, 0.05) is 40.1 Å². The Morgan fingerprint density at radius 1 is 1.16 bits per heavy atom. The number of likely N-dealkylation sites (tertiary alicyclic amines) is 1. The van der Waals surface area contributed by atoms with Gasteiger partial charge in [0.05, 0.1) is 0 Å². The second kappa shape index (κ2) is 8.46. The SMILES string of the molecule is C=C1Nc2ccc(Cl)cc2C12CCN(CCCc1cnc(C3CCC(C)(C)C3)nc1)CC2. The third kappa shape index (κ3) is 4.20. The van der Waals surface area contributed by atoms with Gasteiger partial charge in [-0.1, -0.05) is 32.0 Å². The number of aryl methyl sites for hydroxylation is 1. The molecule has 2 fully saturated rings. The number of nitrogens with one attached hydrogen (secondary N) is 1. The van der Waals surface area contributed by atoms with Gasteiger partial charge in [-0.2, -0.15) is 0 Å². The molecule has 2 aliphatic heterocycles. The van der Waals surface area contributed by atoms with Gasteiger partial charge in [-0.15, -0.1) is 0 Å². The highest BCUT2D eigenvalue weighted by atomic mass is 35.5. The maximum Gasteiger partial charge on any atom is 0.131 e. The molecule has 1 aliphatic carbocycles. The number of aromatic nitrogens is 2. The molecule has 4 nitrogen and oxygen atoms in total. The lowest BCUT2D eigenvalue weighted by molar-refractivity contribution is 0.179. The monoisotopic (exact) mass is 450 g/mol. The van der Waals surface area contributed by atoms with Crippen molar-refractivity contribution in [3.8, 4) is 0 Å². The van der Waals surface area contributed by atoms with E-state index in [9.17, 15) is 0 Å². The topological polar surface area (TPSA) is 41.0 Å². The number of nitrogens with zero attached hydrogens (tertiary/aromatic N) is 3. The molecule has 32 heavy (non-hydrogen) atoms. The van der Waals surface area contributed by atoms with Crippen LogP contribution in [0.1, 0.15) is 75.2 Å². The van der Waals surface area contributed by atoms with Crippen LogP contribution in [-0.2, 0) is 11.8 Å². The van der Waals surface area contributed by atoms with Crippen molar-refractivity contribution >= 4 is 17.3 Å². The van der Waals surface area contributed by atoms with Crippen LogP contribution in [0.3, 0.4) is 0 Å². The highest BCUT2D eigenvalue weighted by molar-refractivity contribution is 6.30. The van der Waals surface area contributed by atoms with E-state index in [1.807, 2.05) is 6.07 Å². The first-order chi connectivity index (χ1) is 15.3. The van der Waals surface area contributed by atoms with Crippen LogP contribution in [0, 0.1) is 5.41 Å². The van der Waals surface area contributed by atoms with Crippen molar-refractivity contribution in [2.24, 2.45) is 5.41 Å². The van der Waals surface area contributed by atoms with E-state index in [2.05, 4.69) is 55.2 Å². The second-order valence-electron chi connectivity index (χ2n) is 10.9. The van der Waals surface area contributed by atoms with Crippen LogP contribution in [0.25, 0.3) is 0 Å². The van der Waals surface area contributed by atoms with Crippen molar-refractivity contribution in [3.63, 3.8) is 0 Å². The summed E-state index contributed by atoms with van der Waals surface area (Å²) >= 11 is 6.31. The standard InChI is InChI=1S/C27H35ClN4/c1-19-27(23-15-22(28)6-7-24(23)31-19)10-13-32(14-11-27)12-4-5-20-17-29-25(30-18-20)21-8-9-26(2,3)16-21/h6-7,15,17-18,21,31H,1,4-5,8-14,16H2,2-3H3. The highest BCUT2D eigenvalue weighted by Gasteiger charge is 2.44. The number of fused-ring (bicyclic) bond motifs is 2.